The molecule has 1 aromatic carbocycles. The molecule has 9 heteroatoms. The molecule has 0 saturated carbocycles. The van der Waals surface area contributed by atoms with Crippen molar-refractivity contribution in [2.45, 2.75) is 32.7 Å². The number of benzene rings is 1. The van der Waals surface area contributed by atoms with Crippen LogP contribution < -0.4 is 0 Å². The summed E-state index contributed by atoms with van der Waals surface area (Å²) in [7, 11) is 1.33. The fourth-order valence-electron chi connectivity index (χ4n) is 3.98. The fraction of sp³-hybridized carbons (Fsp3) is 0.500. The molecule has 31 heavy (non-hydrogen) atoms. The lowest BCUT2D eigenvalue weighted by molar-refractivity contribution is -0.157. The molecule has 0 bridgehead atoms. The summed E-state index contributed by atoms with van der Waals surface area (Å²) in [4.78, 5) is 64.8. The predicted molar refractivity (Wildman–Crippen MR) is 108 cm³/mol. The van der Waals surface area contributed by atoms with Crippen molar-refractivity contribution >= 4 is 29.7 Å². The number of hydrogen-bond acceptors (Lipinski definition) is 7. The Labute approximate surface area is 180 Å². The largest absolute Gasteiger partial charge is 0.469 e. The van der Waals surface area contributed by atoms with Gasteiger partial charge in [-0.1, -0.05) is 26.0 Å². The second-order valence-corrected chi connectivity index (χ2v) is 8.00. The maximum absolute atomic E-state index is 12.8. The smallest absolute Gasteiger partial charge is 0.330 e. The van der Waals surface area contributed by atoms with Crippen LogP contribution in [0.25, 0.3) is 0 Å². The zero-order valence-electron chi connectivity index (χ0n) is 17.8. The number of ether oxygens (including phenoxy) is 2. The van der Waals surface area contributed by atoms with Crippen LogP contribution in [0.2, 0.25) is 0 Å². The zero-order chi connectivity index (χ0) is 22.7. The van der Waals surface area contributed by atoms with Gasteiger partial charge < -0.3 is 14.4 Å². The van der Waals surface area contributed by atoms with Crippen LogP contribution in [-0.2, 0) is 23.9 Å². The molecule has 9 nitrogen and oxygen atoms in total. The quantitative estimate of drug-likeness (QED) is 0.494. The van der Waals surface area contributed by atoms with E-state index in [1.165, 1.54) is 12.0 Å². The van der Waals surface area contributed by atoms with Crippen LogP contribution >= 0.6 is 0 Å². The van der Waals surface area contributed by atoms with Crippen molar-refractivity contribution in [1.82, 2.24) is 9.80 Å². The van der Waals surface area contributed by atoms with E-state index in [2.05, 4.69) is 0 Å². The summed E-state index contributed by atoms with van der Waals surface area (Å²) >= 11 is 0. The predicted octanol–water partition coefficient (Wildman–Crippen LogP) is 1.26. The molecule has 1 saturated heterocycles. The number of carbonyl (C=O) groups excluding carboxylic acids is 5. The Bertz CT molecular complexity index is 868. The van der Waals surface area contributed by atoms with E-state index in [1.807, 2.05) is 0 Å². The van der Waals surface area contributed by atoms with Crippen molar-refractivity contribution in [2.75, 3.05) is 26.8 Å². The van der Waals surface area contributed by atoms with Crippen LogP contribution in [0, 0.1) is 11.8 Å². The number of methoxy groups -OCH3 is 1. The number of amides is 3. The number of hydrogen-bond donors (Lipinski definition) is 0. The standard InChI is InChI=1S/C22H26N2O7/c1-13(2)18(24-19(26)15-6-4-5-7-16(15)20(24)27)22(29)31-12-17(25)23-10-8-14(9-11-23)21(28)30-3/h4-7,13-14,18H,8-12H2,1-3H3/t18-/m0/s1. The van der Waals surface area contributed by atoms with Crippen LogP contribution in [0.3, 0.4) is 0 Å². The Kier molecular flexibility index (Phi) is 6.72. The van der Waals surface area contributed by atoms with Gasteiger partial charge in [-0.25, -0.2) is 4.79 Å². The van der Waals surface area contributed by atoms with Crippen molar-refractivity contribution in [3.8, 4) is 0 Å². The molecule has 1 aromatic rings. The number of likely N-dealkylation sites (tertiary alicyclic amines) is 1. The maximum Gasteiger partial charge on any atom is 0.330 e. The van der Waals surface area contributed by atoms with Crippen LogP contribution in [0.15, 0.2) is 24.3 Å². The van der Waals surface area contributed by atoms with E-state index < -0.39 is 36.4 Å². The maximum atomic E-state index is 12.8. The zero-order valence-corrected chi connectivity index (χ0v) is 17.8. The van der Waals surface area contributed by atoms with E-state index in [0.29, 0.717) is 25.9 Å². The van der Waals surface area contributed by atoms with Gasteiger partial charge in [0.2, 0.25) is 0 Å². The van der Waals surface area contributed by atoms with E-state index in [-0.39, 0.29) is 28.9 Å². The lowest BCUT2D eigenvalue weighted by Gasteiger charge is -2.31. The molecule has 3 amide bonds. The van der Waals surface area contributed by atoms with Gasteiger partial charge in [0.25, 0.3) is 17.7 Å². The van der Waals surface area contributed by atoms with Gasteiger partial charge >= 0.3 is 11.9 Å². The molecule has 2 aliphatic heterocycles. The van der Waals surface area contributed by atoms with E-state index in [0.717, 1.165) is 4.90 Å². The number of fused-ring (bicyclic) bond motifs is 1. The minimum Gasteiger partial charge on any atom is -0.469 e. The summed E-state index contributed by atoms with van der Waals surface area (Å²) in [5, 5.41) is 0. The molecule has 0 spiro atoms. The average molecular weight is 430 g/mol. The van der Waals surface area contributed by atoms with Gasteiger partial charge in [0.1, 0.15) is 6.04 Å². The van der Waals surface area contributed by atoms with Crippen molar-refractivity contribution in [3.05, 3.63) is 35.4 Å². The summed E-state index contributed by atoms with van der Waals surface area (Å²) in [5.74, 6) is -3.22. The number of carbonyl (C=O) groups is 5. The highest BCUT2D eigenvalue weighted by Crippen LogP contribution is 2.27. The first-order valence-corrected chi connectivity index (χ1v) is 10.3. The molecule has 2 aliphatic rings. The summed E-state index contributed by atoms with van der Waals surface area (Å²) in [6.07, 6.45) is 0.964. The highest BCUT2D eigenvalue weighted by Gasteiger charge is 2.44. The number of rotatable bonds is 6. The Balaban J connectivity index is 1.61. The van der Waals surface area contributed by atoms with Gasteiger partial charge in [0.15, 0.2) is 6.61 Å². The topological polar surface area (TPSA) is 110 Å². The van der Waals surface area contributed by atoms with E-state index in [4.69, 9.17) is 9.47 Å². The third kappa shape index (κ3) is 4.45. The summed E-state index contributed by atoms with van der Waals surface area (Å²) in [6, 6.07) is 5.25. The second kappa shape index (κ2) is 9.28. The summed E-state index contributed by atoms with van der Waals surface area (Å²) < 4.78 is 9.95. The molecule has 0 radical (unpaired) electrons. The molecular weight excluding hydrogens is 404 g/mol. The minimum atomic E-state index is -1.13. The molecule has 0 aliphatic carbocycles. The minimum absolute atomic E-state index is 0.240. The van der Waals surface area contributed by atoms with Crippen LogP contribution in [-0.4, -0.2) is 72.3 Å². The number of imide groups is 1. The second-order valence-electron chi connectivity index (χ2n) is 8.00. The first-order valence-electron chi connectivity index (χ1n) is 10.3. The van der Waals surface area contributed by atoms with Crippen LogP contribution in [0.1, 0.15) is 47.4 Å². The SMILES string of the molecule is COC(=O)C1CCN(C(=O)COC(=O)[C@H](C(C)C)N2C(=O)c3ccccc3C2=O)CC1. The normalized spacial score (nSPS) is 17.5. The Hall–Kier alpha value is -3.23. The van der Waals surface area contributed by atoms with Crippen LogP contribution in [0.4, 0.5) is 0 Å². The van der Waals surface area contributed by atoms with E-state index in [1.54, 1.807) is 38.1 Å². The monoisotopic (exact) mass is 430 g/mol. The first kappa shape index (κ1) is 22.5. The number of piperidine rings is 1. The number of esters is 2. The summed E-state index contributed by atoms with van der Waals surface area (Å²) in [5.41, 5.74) is 0.492. The molecule has 0 unspecified atom stereocenters. The highest BCUT2D eigenvalue weighted by molar-refractivity contribution is 6.22. The fourth-order valence-corrected chi connectivity index (χ4v) is 3.98. The molecule has 166 valence electrons. The highest BCUT2D eigenvalue weighted by atomic mass is 16.5. The summed E-state index contributed by atoms with van der Waals surface area (Å²) in [6.45, 7) is 3.64. The Morgan fingerprint density at radius 2 is 1.58 bits per heavy atom. The molecule has 1 atom stereocenters. The molecular formula is C22H26N2O7. The first-order chi connectivity index (χ1) is 14.8. The molecule has 3 rings (SSSR count). The van der Waals surface area contributed by atoms with Crippen LogP contribution in [0.5, 0.6) is 0 Å². The van der Waals surface area contributed by atoms with Crippen molar-refractivity contribution in [1.29, 1.82) is 0 Å². The molecule has 0 N–H and O–H groups in total. The van der Waals surface area contributed by atoms with Gasteiger partial charge in [0, 0.05) is 13.1 Å². The van der Waals surface area contributed by atoms with Gasteiger partial charge in [0.05, 0.1) is 24.2 Å². The van der Waals surface area contributed by atoms with Crippen molar-refractivity contribution < 1.29 is 33.4 Å². The van der Waals surface area contributed by atoms with Crippen molar-refractivity contribution in [2.24, 2.45) is 11.8 Å². The van der Waals surface area contributed by atoms with Gasteiger partial charge in [-0.2, -0.15) is 0 Å². The van der Waals surface area contributed by atoms with E-state index >= 15 is 0 Å². The third-order valence-electron chi connectivity index (χ3n) is 5.70. The Morgan fingerprint density at radius 1 is 1.03 bits per heavy atom. The molecule has 2 heterocycles. The van der Waals surface area contributed by atoms with Gasteiger partial charge in [-0.05, 0) is 30.9 Å². The lowest BCUT2D eigenvalue weighted by atomic mass is 9.97. The third-order valence-corrected chi connectivity index (χ3v) is 5.70. The van der Waals surface area contributed by atoms with Gasteiger partial charge in [-0.3, -0.25) is 24.1 Å². The van der Waals surface area contributed by atoms with Gasteiger partial charge in [-0.15, -0.1) is 0 Å². The molecule has 1 fully saturated rings. The van der Waals surface area contributed by atoms with E-state index in [9.17, 15) is 24.0 Å². The Morgan fingerprint density at radius 3 is 2.06 bits per heavy atom. The molecule has 0 aromatic heterocycles. The lowest BCUT2D eigenvalue weighted by Crippen LogP contribution is -2.49. The van der Waals surface area contributed by atoms with Crippen molar-refractivity contribution in [3.63, 3.8) is 0 Å². The average Bonchev–Trinajstić information content (AvgIpc) is 3.02. The number of nitrogens with zero attached hydrogens (tertiary/aromatic N) is 2.